The van der Waals surface area contributed by atoms with Gasteiger partial charge in [-0.05, 0) is 24.6 Å². The first-order valence-electron chi connectivity index (χ1n) is 5.01. The smallest absolute Gasteiger partial charge is 0.251 e. The molecule has 0 aliphatic heterocycles. The number of carbonyl (C=O) groups is 1. The number of amides is 1. The molecule has 0 aliphatic carbocycles. The van der Waals surface area contributed by atoms with Gasteiger partial charge in [0.25, 0.3) is 5.91 Å². The number of nitrogens with one attached hydrogen (secondary N) is 1. The van der Waals surface area contributed by atoms with Gasteiger partial charge in [0, 0.05) is 12.1 Å². The molecule has 0 unspecified atom stereocenters. The topological polar surface area (TPSA) is 64.4 Å². The van der Waals surface area contributed by atoms with Crippen LogP contribution >= 0.6 is 0 Å². The summed E-state index contributed by atoms with van der Waals surface area (Å²) in [7, 11) is 1.52. The van der Waals surface area contributed by atoms with Crippen LogP contribution in [0.25, 0.3) is 0 Å². The number of rotatable bonds is 5. The Hall–Kier alpha value is -1.97. The van der Waals surface area contributed by atoms with Gasteiger partial charge in [0.2, 0.25) is 0 Å². The molecule has 0 bridgehead atoms. The van der Waals surface area contributed by atoms with E-state index in [1.54, 1.807) is 24.3 Å². The Morgan fingerprint density at radius 2 is 2.38 bits per heavy atom. The molecule has 86 valence electrons. The first-order chi connectivity index (χ1) is 7.69. The van der Waals surface area contributed by atoms with Gasteiger partial charge >= 0.3 is 0 Å². The number of nitrogen functional groups attached to an aromatic ring is 1. The zero-order chi connectivity index (χ0) is 12.0. The Morgan fingerprint density at radius 1 is 1.62 bits per heavy atom. The van der Waals surface area contributed by atoms with Gasteiger partial charge in [0.05, 0.1) is 12.8 Å². The first kappa shape index (κ1) is 12.1. The van der Waals surface area contributed by atoms with Gasteiger partial charge < -0.3 is 15.8 Å². The lowest BCUT2D eigenvalue weighted by molar-refractivity contribution is 0.0954. The van der Waals surface area contributed by atoms with Crippen molar-refractivity contribution >= 4 is 11.6 Å². The van der Waals surface area contributed by atoms with Crippen molar-refractivity contribution in [3.63, 3.8) is 0 Å². The number of hydrogen-bond acceptors (Lipinski definition) is 3. The molecule has 0 radical (unpaired) electrons. The molecule has 3 N–H and O–H groups in total. The van der Waals surface area contributed by atoms with E-state index in [1.807, 2.05) is 0 Å². The quantitative estimate of drug-likeness (QED) is 0.450. The van der Waals surface area contributed by atoms with Gasteiger partial charge in [-0.25, -0.2) is 0 Å². The standard InChI is InChI=1S/C12H16N2O2/c1-3-4-7-14-12(15)9-5-6-10(13)11(8-9)16-2/h3,5-6,8H,1,4,7,13H2,2H3,(H,14,15). The summed E-state index contributed by atoms with van der Waals surface area (Å²) in [6, 6.07) is 4.95. The van der Waals surface area contributed by atoms with Crippen LogP contribution in [0.15, 0.2) is 30.9 Å². The fourth-order valence-electron chi connectivity index (χ4n) is 1.24. The van der Waals surface area contributed by atoms with Gasteiger partial charge in [0.1, 0.15) is 5.75 Å². The van der Waals surface area contributed by atoms with E-state index in [0.29, 0.717) is 23.5 Å². The van der Waals surface area contributed by atoms with Crippen LogP contribution in [-0.2, 0) is 0 Å². The minimum absolute atomic E-state index is 0.139. The average Bonchev–Trinajstić information content (AvgIpc) is 2.30. The van der Waals surface area contributed by atoms with Gasteiger partial charge in [0.15, 0.2) is 0 Å². The van der Waals surface area contributed by atoms with Crippen molar-refractivity contribution in [1.82, 2.24) is 5.32 Å². The first-order valence-corrected chi connectivity index (χ1v) is 5.01. The Kier molecular flexibility index (Phi) is 4.39. The molecule has 16 heavy (non-hydrogen) atoms. The maximum Gasteiger partial charge on any atom is 0.251 e. The number of carbonyl (C=O) groups excluding carboxylic acids is 1. The molecule has 4 heteroatoms. The number of nitrogens with two attached hydrogens (primary N) is 1. The van der Waals surface area contributed by atoms with Gasteiger partial charge in [-0.3, -0.25) is 4.79 Å². The van der Waals surface area contributed by atoms with Gasteiger partial charge in [-0.15, -0.1) is 6.58 Å². The molecule has 4 nitrogen and oxygen atoms in total. The van der Waals surface area contributed by atoms with Crippen LogP contribution in [0.1, 0.15) is 16.8 Å². The number of hydrogen-bond donors (Lipinski definition) is 2. The van der Waals surface area contributed by atoms with Crippen molar-refractivity contribution in [2.45, 2.75) is 6.42 Å². The molecule has 1 amide bonds. The molecule has 1 rings (SSSR count). The van der Waals surface area contributed by atoms with Crippen molar-refractivity contribution < 1.29 is 9.53 Å². The summed E-state index contributed by atoms with van der Waals surface area (Å²) in [6.45, 7) is 4.16. The molecule has 0 heterocycles. The lowest BCUT2D eigenvalue weighted by Crippen LogP contribution is -2.24. The molecular weight excluding hydrogens is 204 g/mol. The van der Waals surface area contributed by atoms with Gasteiger partial charge in [-0.1, -0.05) is 6.08 Å². The molecule has 1 aromatic rings. The minimum Gasteiger partial charge on any atom is -0.495 e. The summed E-state index contributed by atoms with van der Waals surface area (Å²) in [5, 5.41) is 2.76. The normalized spacial score (nSPS) is 9.56. The second-order valence-corrected chi connectivity index (χ2v) is 3.29. The van der Waals surface area contributed by atoms with Gasteiger partial charge in [-0.2, -0.15) is 0 Å². The van der Waals surface area contributed by atoms with Crippen LogP contribution < -0.4 is 15.8 Å². The summed E-state index contributed by atoms with van der Waals surface area (Å²) >= 11 is 0. The highest BCUT2D eigenvalue weighted by atomic mass is 16.5. The van der Waals surface area contributed by atoms with Crippen LogP contribution in [-0.4, -0.2) is 19.6 Å². The van der Waals surface area contributed by atoms with Crippen LogP contribution in [0, 0.1) is 0 Å². The summed E-state index contributed by atoms with van der Waals surface area (Å²) in [5.74, 6) is 0.372. The van der Waals surface area contributed by atoms with E-state index in [9.17, 15) is 4.79 Å². The largest absolute Gasteiger partial charge is 0.495 e. The van der Waals surface area contributed by atoms with Crippen LogP contribution in [0.2, 0.25) is 0 Å². The average molecular weight is 220 g/mol. The lowest BCUT2D eigenvalue weighted by atomic mass is 10.2. The molecule has 0 saturated carbocycles. The lowest BCUT2D eigenvalue weighted by Gasteiger charge is -2.07. The molecule has 0 aliphatic rings. The number of methoxy groups -OCH3 is 1. The van der Waals surface area contributed by atoms with Crippen molar-refractivity contribution in [3.05, 3.63) is 36.4 Å². The molecule has 0 saturated heterocycles. The van der Waals surface area contributed by atoms with Crippen molar-refractivity contribution in [1.29, 1.82) is 0 Å². The molecule has 1 aromatic carbocycles. The highest BCUT2D eigenvalue weighted by Gasteiger charge is 2.07. The summed E-state index contributed by atoms with van der Waals surface area (Å²) in [6.07, 6.45) is 2.50. The molecule has 0 spiro atoms. The number of ether oxygens (including phenoxy) is 1. The van der Waals surface area contributed by atoms with Crippen LogP contribution in [0.3, 0.4) is 0 Å². The fourth-order valence-corrected chi connectivity index (χ4v) is 1.24. The molecule has 0 fully saturated rings. The molecular formula is C12H16N2O2. The maximum absolute atomic E-state index is 11.7. The van der Waals surface area contributed by atoms with E-state index >= 15 is 0 Å². The summed E-state index contributed by atoms with van der Waals surface area (Å²) < 4.78 is 5.04. The Balaban J connectivity index is 2.72. The summed E-state index contributed by atoms with van der Waals surface area (Å²) in [5.41, 5.74) is 6.71. The van der Waals surface area contributed by atoms with E-state index in [4.69, 9.17) is 10.5 Å². The number of anilines is 1. The van der Waals surface area contributed by atoms with Crippen LogP contribution in [0.5, 0.6) is 5.75 Å². The SMILES string of the molecule is C=CCCNC(=O)c1ccc(N)c(OC)c1. The van der Waals surface area contributed by atoms with E-state index in [1.165, 1.54) is 7.11 Å². The van der Waals surface area contributed by atoms with E-state index in [2.05, 4.69) is 11.9 Å². The Labute approximate surface area is 95.1 Å². The fraction of sp³-hybridized carbons (Fsp3) is 0.250. The highest BCUT2D eigenvalue weighted by Crippen LogP contribution is 2.21. The van der Waals surface area contributed by atoms with Crippen molar-refractivity contribution in [2.24, 2.45) is 0 Å². The predicted octanol–water partition coefficient (Wildman–Crippen LogP) is 1.58. The third-order valence-electron chi connectivity index (χ3n) is 2.13. The third-order valence-corrected chi connectivity index (χ3v) is 2.13. The second kappa shape index (κ2) is 5.80. The summed E-state index contributed by atoms with van der Waals surface area (Å²) in [4.78, 5) is 11.7. The zero-order valence-corrected chi connectivity index (χ0v) is 9.32. The maximum atomic E-state index is 11.7. The van der Waals surface area contributed by atoms with Crippen LogP contribution in [0.4, 0.5) is 5.69 Å². The second-order valence-electron chi connectivity index (χ2n) is 3.29. The molecule has 0 aromatic heterocycles. The zero-order valence-electron chi connectivity index (χ0n) is 9.32. The predicted molar refractivity (Wildman–Crippen MR) is 64.6 cm³/mol. The Morgan fingerprint density at radius 3 is 3.00 bits per heavy atom. The highest BCUT2D eigenvalue weighted by molar-refractivity contribution is 5.95. The third kappa shape index (κ3) is 3.02. The number of benzene rings is 1. The van der Waals surface area contributed by atoms with E-state index < -0.39 is 0 Å². The van der Waals surface area contributed by atoms with Crippen molar-refractivity contribution in [3.8, 4) is 5.75 Å². The monoisotopic (exact) mass is 220 g/mol. The van der Waals surface area contributed by atoms with Crippen molar-refractivity contribution in [2.75, 3.05) is 19.4 Å². The Bertz CT molecular complexity index is 389. The molecule has 0 atom stereocenters. The minimum atomic E-state index is -0.139. The van der Waals surface area contributed by atoms with E-state index in [-0.39, 0.29) is 5.91 Å². The van der Waals surface area contributed by atoms with E-state index in [0.717, 1.165) is 6.42 Å².